The maximum Gasteiger partial charge on any atom is 0.279 e. The van der Waals surface area contributed by atoms with Gasteiger partial charge in [0.25, 0.3) is 5.91 Å². The van der Waals surface area contributed by atoms with Gasteiger partial charge in [-0.25, -0.2) is 13.1 Å². The lowest BCUT2D eigenvalue weighted by Crippen LogP contribution is -2.42. The fourth-order valence-corrected chi connectivity index (χ4v) is 4.62. The molecule has 28 heavy (non-hydrogen) atoms. The van der Waals surface area contributed by atoms with Gasteiger partial charge < -0.3 is 0 Å². The van der Waals surface area contributed by atoms with Crippen molar-refractivity contribution in [2.45, 2.75) is 45.4 Å². The van der Waals surface area contributed by atoms with E-state index in [0.29, 0.717) is 4.88 Å². The summed E-state index contributed by atoms with van der Waals surface area (Å²) in [6.45, 7) is 7.62. The van der Waals surface area contributed by atoms with Crippen molar-refractivity contribution >= 4 is 33.2 Å². The molecule has 1 aromatic heterocycles. The highest BCUT2D eigenvalue weighted by Gasteiger charge is 2.16. The van der Waals surface area contributed by atoms with E-state index >= 15 is 0 Å². The second-order valence-corrected chi connectivity index (χ2v) is 9.37. The van der Waals surface area contributed by atoms with Crippen LogP contribution in [0.25, 0.3) is 0 Å². The van der Waals surface area contributed by atoms with Gasteiger partial charge in [-0.15, -0.1) is 11.3 Å². The summed E-state index contributed by atoms with van der Waals surface area (Å²) in [5, 5.41) is 0. The first kappa shape index (κ1) is 22.1. The molecule has 0 saturated carbocycles. The number of amides is 2. The Morgan fingerprint density at radius 1 is 1.00 bits per heavy atom. The minimum Gasteiger partial charge on any atom is -0.273 e. The van der Waals surface area contributed by atoms with Crippen LogP contribution in [0.2, 0.25) is 0 Å². The van der Waals surface area contributed by atoms with Crippen molar-refractivity contribution in [2.75, 3.05) is 6.54 Å². The molecular weight excluding hydrogens is 398 g/mol. The summed E-state index contributed by atoms with van der Waals surface area (Å²) in [5.41, 5.74) is 7.58. The molecule has 1 heterocycles. The van der Waals surface area contributed by atoms with Crippen LogP contribution in [-0.4, -0.2) is 26.8 Å². The fraction of sp³-hybridized carbons (Fsp3) is 0.368. The largest absolute Gasteiger partial charge is 0.279 e. The molecule has 0 atom stereocenters. The number of carbonyl (C=O) groups excluding carboxylic acids is 2. The van der Waals surface area contributed by atoms with Crippen LogP contribution >= 0.6 is 11.3 Å². The first-order valence-corrected chi connectivity index (χ1v) is 11.2. The average Bonchev–Trinajstić information content (AvgIpc) is 3.02. The standard InChI is InChI=1S/C19H25N3O4S2/c1-5-16-14(4)11-17(27-16)19(24)22-21-18(23)8-9-20-28(25,26)15-7-6-12(2)13(3)10-15/h6-7,10-11,20H,5,8-9H2,1-4H3,(H,21,23)(H,22,24). The molecule has 1 aromatic carbocycles. The van der Waals surface area contributed by atoms with Crippen molar-refractivity contribution in [3.05, 3.63) is 50.7 Å². The molecule has 9 heteroatoms. The Morgan fingerprint density at radius 2 is 1.71 bits per heavy atom. The molecule has 0 radical (unpaired) electrons. The summed E-state index contributed by atoms with van der Waals surface area (Å²) in [6.07, 6.45) is 0.741. The van der Waals surface area contributed by atoms with Crippen LogP contribution in [0.15, 0.2) is 29.2 Å². The molecule has 0 bridgehead atoms. The fourth-order valence-electron chi connectivity index (χ4n) is 2.50. The number of hydrogen-bond acceptors (Lipinski definition) is 5. The number of benzene rings is 1. The lowest BCUT2D eigenvalue weighted by atomic mass is 10.1. The molecule has 0 aliphatic carbocycles. The second-order valence-electron chi connectivity index (χ2n) is 6.47. The lowest BCUT2D eigenvalue weighted by Gasteiger charge is -2.09. The molecule has 0 spiro atoms. The van der Waals surface area contributed by atoms with Crippen molar-refractivity contribution in [1.82, 2.24) is 15.6 Å². The summed E-state index contributed by atoms with van der Waals surface area (Å²) in [7, 11) is -3.69. The first-order chi connectivity index (χ1) is 13.1. The van der Waals surface area contributed by atoms with Crippen LogP contribution in [0.4, 0.5) is 0 Å². The van der Waals surface area contributed by atoms with Gasteiger partial charge in [-0.05, 0) is 62.1 Å². The van der Waals surface area contributed by atoms with Crippen LogP contribution in [0.5, 0.6) is 0 Å². The molecule has 3 N–H and O–H groups in total. The molecule has 0 aliphatic heterocycles. The summed E-state index contributed by atoms with van der Waals surface area (Å²) in [4.78, 5) is 25.7. The number of carbonyl (C=O) groups is 2. The smallest absolute Gasteiger partial charge is 0.273 e. The van der Waals surface area contributed by atoms with E-state index in [1.807, 2.05) is 27.7 Å². The number of nitrogens with one attached hydrogen (secondary N) is 3. The predicted molar refractivity (Wildman–Crippen MR) is 110 cm³/mol. The minimum absolute atomic E-state index is 0.0744. The van der Waals surface area contributed by atoms with Crippen molar-refractivity contribution in [2.24, 2.45) is 0 Å². The predicted octanol–water partition coefficient (Wildman–Crippen LogP) is 2.37. The van der Waals surface area contributed by atoms with E-state index < -0.39 is 21.8 Å². The van der Waals surface area contributed by atoms with Crippen molar-refractivity contribution < 1.29 is 18.0 Å². The Balaban J connectivity index is 1.81. The molecule has 2 amide bonds. The first-order valence-electron chi connectivity index (χ1n) is 8.89. The van der Waals surface area contributed by atoms with E-state index in [0.717, 1.165) is 28.0 Å². The van der Waals surface area contributed by atoms with E-state index in [-0.39, 0.29) is 17.9 Å². The van der Waals surface area contributed by atoms with Crippen molar-refractivity contribution in [1.29, 1.82) is 0 Å². The summed E-state index contributed by atoms with van der Waals surface area (Å²) in [5.74, 6) is -0.878. The van der Waals surface area contributed by atoms with Gasteiger partial charge >= 0.3 is 0 Å². The number of hydrogen-bond donors (Lipinski definition) is 3. The van der Waals surface area contributed by atoms with Gasteiger partial charge in [-0.2, -0.15) is 0 Å². The second kappa shape index (κ2) is 9.31. The molecule has 152 valence electrons. The molecular formula is C19H25N3O4S2. The molecule has 0 saturated heterocycles. The molecule has 0 unspecified atom stereocenters. The Hall–Kier alpha value is -2.23. The highest BCUT2D eigenvalue weighted by atomic mass is 32.2. The highest BCUT2D eigenvalue weighted by Crippen LogP contribution is 2.22. The van der Waals surface area contributed by atoms with E-state index in [2.05, 4.69) is 15.6 Å². The zero-order valence-corrected chi connectivity index (χ0v) is 18.0. The minimum atomic E-state index is -3.69. The van der Waals surface area contributed by atoms with Gasteiger partial charge in [0.05, 0.1) is 9.77 Å². The van der Waals surface area contributed by atoms with Crippen molar-refractivity contribution in [3.63, 3.8) is 0 Å². The summed E-state index contributed by atoms with van der Waals surface area (Å²) in [6, 6.07) is 6.63. The third kappa shape index (κ3) is 5.63. The lowest BCUT2D eigenvalue weighted by molar-refractivity contribution is -0.121. The van der Waals surface area contributed by atoms with Gasteiger partial charge in [-0.1, -0.05) is 13.0 Å². The quantitative estimate of drug-likeness (QED) is 0.595. The molecule has 7 nitrogen and oxygen atoms in total. The van der Waals surface area contributed by atoms with Crippen LogP contribution in [0.1, 0.15) is 44.6 Å². The van der Waals surface area contributed by atoms with Gasteiger partial charge in [0, 0.05) is 17.8 Å². The van der Waals surface area contributed by atoms with Crippen LogP contribution < -0.4 is 15.6 Å². The van der Waals surface area contributed by atoms with Gasteiger partial charge in [-0.3, -0.25) is 20.4 Å². The Kier molecular flexibility index (Phi) is 7.34. The Labute approximate surface area is 169 Å². The summed E-state index contributed by atoms with van der Waals surface area (Å²) >= 11 is 1.39. The van der Waals surface area contributed by atoms with E-state index in [1.165, 1.54) is 17.4 Å². The van der Waals surface area contributed by atoms with Gasteiger partial charge in [0.15, 0.2) is 0 Å². The van der Waals surface area contributed by atoms with E-state index in [1.54, 1.807) is 18.2 Å². The molecule has 2 rings (SSSR count). The van der Waals surface area contributed by atoms with Crippen molar-refractivity contribution in [3.8, 4) is 0 Å². The zero-order chi connectivity index (χ0) is 20.9. The topological polar surface area (TPSA) is 104 Å². The number of sulfonamides is 1. The molecule has 0 aliphatic rings. The van der Waals surface area contributed by atoms with Crippen LogP contribution in [-0.2, 0) is 21.2 Å². The number of hydrazine groups is 1. The number of rotatable bonds is 7. The highest BCUT2D eigenvalue weighted by molar-refractivity contribution is 7.89. The Morgan fingerprint density at radius 3 is 2.32 bits per heavy atom. The van der Waals surface area contributed by atoms with Crippen LogP contribution in [0, 0.1) is 20.8 Å². The van der Waals surface area contributed by atoms with Gasteiger partial charge in [0.1, 0.15) is 0 Å². The normalized spacial score (nSPS) is 11.3. The van der Waals surface area contributed by atoms with Gasteiger partial charge in [0.2, 0.25) is 15.9 Å². The van der Waals surface area contributed by atoms with E-state index in [4.69, 9.17) is 0 Å². The number of aryl methyl sites for hydroxylation is 4. The monoisotopic (exact) mass is 423 g/mol. The summed E-state index contributed by atoms with van der Waals surface area (Å²) < 4.78 is 27.0. The third-order valence-electron chi connectivity index (χ3n) is 4.31. The maximum absolute atomic E-state index is 12.3. The molecule has 0 fully saturated rings. The SMILES string of the molecule is CCc1sc(C(=O)NNC(=O)CCNS(=O)(=O)c2ccc(C)c(C)c2)cc1C. The molecule has 2 aromatic rings. The third-order valence-corrected chi connectivity index (χ3v) is 7.15. The van der Waals surface area contributed by atoms with Crippen LogP contribution in [0.3, 0.4) is 0 Å². The van der Waals surface area contributed by atoms with E-state index in [9.17, 15) is 18.0 Å². The average molecular weight is 424 g/mol. The Bertz CT molecular complexity index is 981. The number of thiophene rings is 1. The maximum atomic E-state index is 12.3. The zero-order valence-electron chi connectivity index (χ0n) is 16.4.